The average molecular weight is 455 g/mol. The number of Topliss-reactive ketones (excluding diaryl/α,β-unsaturated/α-hetero) is 1. The molecule has 1 aliphatic carbocycles. The molecule has 34 heavy (non-hydrogen) atoms. The van der Waals surface area contributed by atoms with Gasteiger partial charge in [-0.05, 0) is 72.8 Å². The second kappa shape index (κ2) is 12.9. The van der Waals surface area contributed by atoms with E-state index in [0.29, 0.717) is 30.5 Å². The first-order valence-corrected chi connectivity index (χ1v) is 12.5. The van der Waals surface area contributed by atoms with Crippen LogP contribution in [0.1, 0.15) is 69.7 Å². The molecule has 0 spiro atoms. The van der Waals surface area contributed by atoms with Gasteiger partial charge in [-0.25, -0.2) is 0 Å². The summed E-state index contributed by atoms with van der Waals surface area (Å²) in [4.78, 5) is 11.9. The molecule has 1 aliphatic rings. The van der Waals surface area contributed by atoms with E-state index in [1.54, 1.807) is 6.20 Å². The lowest BCUT2D eigenvalue weighted by atomic mass is 9.84. The lowest BCUT2D eigenvalue weighted by Crippen LogP contribution is -2.07. The molecule has 0 saturated carbocycles. The molecule has 1 heterocycles. The van der Waals surface area contributed by atoms with E-state index in [-0.39, 0.29) is 0 Å². The summed E-state index contributed by atoms with van der Waals surface area (Å²) in [5.41, 5.74) is 6.85. The maximum absolute atomic E-state index is 11.9. The molecule has 2 aromatic rings. The second-order valence-electron chi connectivity index (χ2n) is 9.42. The van der Waals surface area contributed by atoms with Crippen molar-refractivity contribution in [2.45, 2.75) is 59.3 Å². The fourth-order valence-electron chi connectivity index (χ4n) is 4.53. The summed E-state index contributed by atoms with van der Waals surface area (Å²) >= 11 is 0. The van der Waals surface area contributed by atoms with Crippen molar-refractivity contribution in [3.8, 4) is 0 Å². The first-order valence-electron chi connectivity index (χ1n) is 12.5. The summed E-state index contributed by atoms with van der Waals surface area (Å²) in [6, 6.07) is 10.5. The van der Waals surface area contributed by atoms with E-state index in [1.165, 1.54) is 16.7 Å². The number of rotatable bonds is 12. The quantitative estimate of drug-likeness (QED) is 0.331. The van der Waals surface area contributed by atoms with Gasteiger partial charge in [0.15, 0.2) is 0 Å². The van der Waals surface area contributed by atoms with E-state index in [1.807, 2.05) is 6.07 Å². The molecule has 0 amide bonds. The summed E-state index contributed by atoms with van der Waals surface area (Å²) in [5.74, 6) is 1.45. The monoisotopic (exact) mass is 454 g/mol. The largest absolute Gasteiger partial charge is 0.299 e. The van der Waals surface area contributed by atoms with Gasteiger partial charge in [0.25, 0.3) is 0 Å². The molecule has 0 aliphatic heterocycles. The van der Waals surface area contributed by atoms with Crippen molar-refractivity contribution in [2.24, 2.45) is 11.8 Å². The second-order valence-corrected chi connectivity index (χ2v) is 9.42. The molecule has 3 rings (SSSR count). The molecule has 0 fully saturated rings. The predicted molar refractivity (Wildman–Crippen MR) is 144 cm³/mol. The average Bonchev–Trinajstić information content (AvgIpc) is 3.37. The number of nitrogens with zero attached hydrogens (tertiary/aromatic N) is 1. The fraction of sp³-hybridized carbons (Fsp3) is 0.355. The number of aromatic amines is 1. The Hall–Kier alpha value is -3.20. The highest BCUT2D eigenvalue weighted by Gasteiger charge is 2.15. The van der Waals surface area contributed by atoms with Gasteiger partial charge in [-0.2, -0.15) is 5.10 Å². The van der Waals surface area contributed by atoms with Gasteiger partial charge < -0.3 is 0 Å². The Morgan fingerprint density at radius 3 is 2.71 bits per heavy atom. The number of nitrogens with one attached hydrogen (secondary N) is 1. The van der Waals surface area contributed by atoms with Crippen LogP contribution in [0, 0.1) is 11.8 Å². The van der Waals surface area contributed by atoms with Gasteiger partial charge in [-0.15, -0.1) is 0 Å². The number of carbonyl (C=O) groups is 1. The van der Waals surface area contributed by atoms with Gasteiger partial charge >= 0.3 is 0 Å². The molecule has 3 nitrogen and oxygen atoms in total. The predicted octanol–water partition coefficient (Wildman–Crippen LogP) is 7.91. The number of H-pyrrole nitrogens is 1. The number of hydrogen-bond acceptors (Lipinski definition) is 2. The molecule has 0 bridgehead atoms. The van der Waals surface area contributed by atoms with Crippen LogP contribution in [0.5, 0.6) is 0 Å². The smallest absolute Gasteiger partial charge is 0.137 e. The number of ketones is 1. The Morgan fingerprint density at radius 1 is 1.24 bits per heavy atom. The van der Waals surface area contributed by atoms with Gasteiger partial charge in [0.1, 0.15) is 5.78 Å². The van der Waals surface area contributed by atoms with E-state index in [9.17, 15) is 4.79 Å². The normalized spacial score (nSPS) is 17.1. The van der Waals surface area contributed by atoms with Gasteiger partial charge in [0.2, 0.25) is 0 Å². The SMILES string of the molecule is C=C(/C=C\C(=C/C)CC(C)CC1C=C(c2ccc(CC(=O)CCC)cc2)C=CC1)c1ccn[nH]1. The third-order valence-electron chi connectivity index (χ3n) is 6.37. The minimum atomic E-state index is 0.321. The lowest BCUT2D eigenvalue weighted by molar-refractivity contribution is -0.118. The summed E-state index contributed by atoms with van der Waals surface area (Å²) in [5, 5.41) is 6.95. The van der Waals surface area contributed by atoms with Crippen LogP contribution in [-0.4, -0.2) is 16.0 Å². The molecule has 1 aromatic heterocycles. The molecule has 2 atom stereocenters. The number of carbonyl (C=O) groups excluding carboxylic acids is 1. The molecule has 2 unspecified atom stereocenters. The van der Waals surface area contributed by atoms with Crippen LogP contribution in [0.15, 0.2) is 85.1 Å². The molecule has 0 saturated heterocycles. The third kappa shape index (κ3) is 7.69. The van der Waals surface area contributed by atoms with Crippen LogP contribution in [0.3, 0.4) is 0 Å². The molecule has 1 aromatic carbocycles. The van der Waals surface area contributed by atoms with Crippen LogP contribution < -0.4 is 0 Å². The standard InChI is InChI=1S/C31H38N2O/c1-5-8-30(34)22-26-13-15-28(16-14-26)29-10-7-9-27(21-29)20-23(3)19-25(6-2)12-11-24(4)31-17-18-32-33-31/h6-7,10-18,21,23,27H,4-5,8-9,19-20,22H2,1-3H3,(H,32,33)/b12-11-,25-6+. The Bertz CT molecular complexity index is 1070. The summed E-state index contributed by atoms with van der Waals surface area (Å²) in [7, 11) is 0. The van der Waals surface area contributed by atoms with Crippen molar-refractivity contribution in [3.63, 3.8) is 0 Å². The summed E-state index contributed by atoms with van der Waals surface area (Å²) in [6.45, 7) is 10.6. The highest BCUT2D eigenvalue weighted by atomic mass is 16.1. The Kier molecular flexibility index (Phi) is 9.63. The maximum Gasteiger partial charge on any atom is 0.137 e. The van der Waals surface area contributed by atoms with E-state index < -0.39 is 0 Å². The molecular weight excluding hydrogens is 416 g/mol. The maximum atomic E-state index is 11.9. The van der Waals surface area contributed by atoms with Gasteiger partial charge in [-0.3, -0.25) is 9.89 Å². The van der Waals surface area contributed by atoms with E-state index in [4.69, 9.17) is 0 Å². The van der Waals surface area contributed by atoms with Crippen LogP contribution in [-0.2, 0) is 11.2 Å². The number of allylic oxidation sites excluding steroid dienone is 9. The van der Waals surface area contributed by atoms with Crippen LogP contribution in [0.4, 0.5) is 0 Å². The topological polar surface area (TPSA) is 45.8 Å². The zero-order valence-electron chi connectivity index (χ0n) is 20.9. The van der Waals surface area contributed by atoms with Crippen LogP contribution in [0.25, 0.3) is 11.1 Å². The summed E-state index contributed by atoms with van der Waals surface area (Å²) < 4.78 is 0. The fourth-order valence-corrected chi connectivity index (χ4v) is 4.53. The van der Waals surface area contributed by atoms with E-state index in [0.717, 1.165) is 42.5 Å². The van der Waals surface area contributed by atoms with E-state index in [2.05, 4.69) is 98.3 Å². The highest BCUT2D eigenvalue weighted by Crippen LogP contribution is 2.31. The first-order chi connectivity index (χ1) is 16.5. The van der Waals surface area contributed by atoms with Crippen molar-refractivity contribution in [2.75, 3.05) is 0 Å². The molecule has 0 radical (unpaired) electrons. The van der Waals surface area contributed by atoms with Crippen molar-refractivity contribution in [1.29, 1.82) is 0 Å². The Balaban J connectivity index is 1.56. The molecule has 178 valence electrons. The molecular formula is C31H38N2O. The number of benzene rings is 1. The minimum Gasteiger partial charge on any atom is -0.299 e. The van der Waals surface area contributed by atoms with Crippen molar-refractivity contribution in [3.05, 3.63) is 102 Å². The van der Waals surface area contributed by atoms with Gasteiger partial charge in [0, 0.05) is 19.0 Å². The van der Waals surface area contributed by atoms with Crippen LogP contribution in [0.2, 0.25) is 0 Å². The van der Waals surface area contributed by atoms with Crippen LogP contribution >= 0.6 is 0 Å². The van der Waals surface area contributed by atoms with Gasteiger partial charge in [-0.1, -0.05) is 86.7 Å². The van der Waals surface area contributed by atoms with Crippen molar-refractivity contribution >= 4 is 16.9 Å². The molecule has 1 N–H and O–H groups in total. The van der Waals surface area contributed by atoms with E-state index >= 15 is 0 Å². The third-order valence-corrected chi connectivity index (χ3v) is 6.37. The van der Waals surface area contributed by atoms with Gasteiger partial charge in [0.05, 0.1) is 5.69 Å². The lowest BCUT2D eigenvalue weighted by Gasteiger charge is -2.21. The highest BCUT2D eigenvalue weighted by molar-refractivity contribution is 5.81. The number of hydrogen-bond donors (Lipinski definition) is 1. The Morgan fingerprint density at radius 2 is 2.03 bits per heavy atom. The minimum absolute atomic E-state index is 0.321. The van der Waals surface area contributed by atoms with Crippen molar-refractivity contribution in [1.82, 2.24) is 10.2 Å². The Labute approximate surface area is 205 Å². The zero-order valence-corrected chi connectivity index (χ0v) is 20.9. The van der Waals surface area contributed by atoms with Crippen molar-refractivity contribution < 1.29 is 4.79 Å². The first kappa shape index (κ1) is 25.4. The zero-order chi connectivity index (χ0) is 24.3. The molecule has 3 heteroatoms. The number of aromatic nitrogens is 2. The summed E-state index contributed by atoms with van der Waals surface area (Å²) in [6.07, 6.45) is 20.6.